The van der Waals surface area contributed by atoms with Crippen molar-refractivity contribution in [3.63, 3.8) is 0 Å². The summed E-state index contributed by atoms with van der Waals surface area (Å²) >= 11 is 0. The van der Waals surface area contributed by atoms with Crippen LogP contribution in [-0.4, -0.2) is 119 Å². The first kappa shape index (κ1) is 54.3. The van der Waals surface area contributed by atoms with Gasteiger partial charge in [-0.2, -0.15) is 0 Å². The summed E-state index contributed by atoms with van der Waals surface area (Å²) in [7, 11) is -5.22. The molecule has 1 aliphatic carbocycles. The lowest BCUT2D eigenvalue weighted by atomic mass is 9.85. The first-order valence-corrected chi connectivity index (χ1v) is 24.2. The number of unbranched alkanes of at least 4 members (excludes halogenated alkanes) is 24. The number of amides is 1. The van der Waals surface area contributed by atoms with E-state index in [1.54, 1.807) is 0 Å². The average molecular weight is 842 g/mol. The third-order valence-electron chi connectivity index (χ3n) is 11.4. The Morgan fingerprint density at radius 1 is 0.544 bits per heavy atom. The van der Waals surface area contributed by atoms with Crippen LogP contribution in [0.1, 0.15) is 194 Å². The van der Waals surface area contributed by atoms with Gasteiger partial charge in [0.25, 0.3) is 0 Å². The molecule has 14 nitrogen and oxygen atoms in total. The van der Waals surface area contributed by atoms with E-state index >= 15 is 0 Å². The van der Waals surface area contributed by atoms with Crippen LogP contribution >= 0.6 is 7.82 Å². The largest absolute Gasteiger partial charge is 0.472 e. The van der Waals surface area contributed by atoms with E-state index in [0.717, 1.165) is 51.4 Å². The van der Waals surface area contributed by atoms with E-state index < -0.39 is 81.3 Å². The highest BCUT2D eigenvalue weighted by Gasteiger charge is 2.51. The smallest absolute Gasteiger partial charge is 0.390 e. The molecule has 0 bridgehead atoms. The Hall–Kier alpha value is -0.740. The van der Waals surface area contributed by atoms with Crippen LogP contribution in [0.4, 0.5) is 0 Å². The molecule has 1 rings (SSSR count). The van der Waals surface area contributed by atoms with E-state index in [2.05, 4.69) is 19.2 Å². The van der Waals surface area contributed by atoms with Crippen molar-refractivity contribution >= 4 is 13.7 Å². The maximum Gasteiger partial charge on any atom is 0.472 e. The van der Waals surface area contributed by atoms with Gasteiger partial charge in [-0.3, -0.25) is 13.8 Å². The molecule has 340 valence electrons. The van der Waals surface area contributed by atoms with Crippen LogP contribution in [0, 0.1) is 0 Å². The number of carbonyl (C=O) groups excluding carboxylic acids is 1. The number of hydrogen-bond acceptors (Lipinski definition) is 12. The van der Waals surface area contributed by atoms with Gasteiger partial charge in [0.2, 0.25) is 5.91 Å². The highest BCUT2D eigenvalue weighted by atomic mass is 31.2. The van der Waals surface area contributed by atoms with Crippen LogP contribution < -0.4 is 5.32 Å². The third-order valence-corrected chi connectivity index (χ3v) is 12.4. The zero-order chi connectivity index (χ0) is 42.5. The monoisotopic (exact) mass is 842 g/mol. The van der Waals surface area contributed by atoms with Gasteiger partial charge in [0.15, 0.2) is 0 Å². The Labute approximate surface area is 343 Å². The second-order valence-corrected chi connectivity index (χ2v) is 17.9. The summed E-state index contributed by atoms with van der Waals surface area (Å²) in [5.41, 5.74) is 0. The molecule has 10 N–H and O–H groups in total. The first-order valence-electron chi connectivity index (χ1n) is 22.7. The minimum atomic E-state index is -5.22. The normalized spacial score (nSPS) is 24.5. The Bertz CT molecular complexity index is 1010. The van der Waals surface area contributed by atoms with Crippen molar-refractivity contribution in [3.8, 4) is 0 Å². The molecule has 1 fully saturated rings. The second kappa shape index (κ2) is 33.0. The molecule has 1 aliphatic rings. The molecule has 0 saturated heterocycles. The van der Waals surface area contributed by atoms with E-state index in [0.29, 0.717) is 12.8 Å². The SMILES string of the molecule is CCCCCCCCCCCCCCCCC(O)C(=O)N[C@@H](COP(=O)(O)OC1C(O)C(O)C(O)[C@@H](O)C1O)[C@H](O)[C@H](O)CCCCCCCCCCCCCC. The van der Waals surface area contributed by atoms with Gasteiger partial charge in [-0.05, 0) is 12.8 Å². The number of aliphatic hydroxyl groups excluding tert-OH is 8. The Balaban J connectivity index is 2.62. The molecule has 7 unspecified atom stereocenters. The molecule has 0 radical (unpaired) electrons. The maximum atomic E-state index is 13.0. The summed E-state index contributed by atoms with van der Waals surface area (Å²) in [5.74, 6) is -0.859. The van der Waals surface area contributed by atoms with Gasteiger partial charge in [0.1, 0.15) is 48.8 Å². The Kier molecular flexibility index (Phi) is 31.4. The van der Waals surface area contributed by atoms with Crippen molar-refractivity contribution in [1.29, 1.82) is 0 Å². The molecule has 15 heteroatoms. The van der Waals surface area contributed by atoms with Gasteiger partial charge in [-0.25, -0.2) is 4.57 Å². The van der Waals surface area contributed by atoms with Crippen LogP contribution in [0.15, 0.2) is 0 Å². The van der Waals surface area contributed by atoms with Gasteiger partial charge in [-0.1, -0.05) is 181 Å². The van der Waals surface area contributed by atoms with E-state index in [1.807, 2.05) is 0 Å². The number of aliphatic hydroxyl groups is 8. The maximum absolute atomic E-state index is 13.0. The molecule has 1 saturated carbocycles. The number of phosphoric acid groups is 1. The zero-order valence-corrected chi connectivity index (χ0v) is 36.3. The lowest BCUT2D eigenvalue weighted by molar-refractivity contribution is -0.220. The van der Waals surface area contributed by atoms with Crippen LogP contribution in [0.3, 0.4) is 0 Å². The first-order chi connectivity index (χ1) is 27.3. The van der Waals surface area contributed by atoms with Crippen molar-refractivity contribution in [1.82, 2.24) is 5.32 Å². The number of phosphoric ester groups is 1. The number of nitrogens with one attached hydrogen (secondary N) is 1. The topological polar surface area (TPSA) is 247 Å². The Morgan fingerprint density at radius 3 is 1.26 bits per heavy atom. The highest BCUT2D eigenvalue weighted by Crippen LogP contribution is 2.47. The molecular weight excluding hydrogens is 757 g/mol. The molecule has 0 aromatic carbocycles. The summed E-state index contributed by atoms with van der Waals surface area (Å²) in [6.07, 6.45) is 13.3. The van der Waals surface area contributed by atoms with Crippen molar-refractivity contribution < 1.29 is 64.2 Å². The average Bonchev–Trinajstić information content (AvgIpc) is 3.19. The van der Waals surface area contributed by atoms with Gasteiger partial charge in [-0.15, -0.1) is 0 Å². The molecule has 0 aromatic rings. The van der Waals surface area contributed by atoms with Gasteiger partial charge in [0, 0.05) is 0 Å². The van der Waals surface area contributed by atoms with E-state index in [-0.39, 0.29) is 12.8 Å². The van der Waals surface area contributed by atoms with E-state index in [9.17, 15) is 55.1 Å². The van der Waals surface area contributed by atoms with Gasteiger partial charge < -0.3 is 51.1 Å². The summed E-state index contributed by atoms with van der Waals surface area (Å²) in [6, 6.07) is -1.47. The molecule has 57 heavy (non-hydrogen) atoms. The molecule has 0 aliphatic heterocycles. The summed E-state index contributed by atoms with van der Waals surface area (Å²) in [6.45, 7) is 3.55. The summed E-state index contributed by atoms with van der Waals surface area (Å²) in [4.78, 5) is 23.5. The van der Waals surface area contributed by atoms with Crippen molar-refractivity contribution in [2.24, 2.45) is 0 Å². The molecule has 11 atom stereocenters. The van der Waals surface area contributed by atoms with Crippen molar-refractivity contribution in [2.45, 2.75) is 255 Å². The fourth-order valence-electron chi connectivity index (χ4n) is 7.48. The lowest BCUT2D eigenvalue weighted by Gasteiger charge is -2.41. The zero-order valence-electron chi connectivity index (χ0n) is 35.4. The van der Waals surface area contributed by atoms with E-state index in [1.165, 1.54) is 103 Å². The van der Waals surface area contributed by atoms with Crippen molar-refractivity contribution in [3.05, 3.63) is 0 Å². The Morgan fingerprint density at radius 2 is 0.877 bits per heavy atom. The third kappa shape index (κ3) is 24.3. The predicted octanol–water partition coefficient (Wildman–Crippen LogP) is 5.84. The van der Waals surface area contributed by atoms with Crippen LogP contribution in [0.25, 0.3) is 0 Å². The molecular formula is C42H84NO13P. The number of hydrogen-bond donors (Lipinski definition) is 10. The number of rotatable bonds is 37. The molecule has 1 amide bonds. The van der Waals surface area contributed by atoms with Crippen molar-refractivity contribution in [2.75, 3.05) is 6.61 Å². The molecule has 0 heterocycles. The predicted molar refractivity (Wildman–Crippen MR) is 221 cm³/mol. The fraction of sp³-hybridized carbons (Fsp3) is 0.976. The standard InChI is InChI=1S/C42H84NO13P/c1-3-5-7-9-11-13-15-17-18-20-22-24-26-28-30-34(45)42(52)43-32(31-55-57(53,54)56-41-39(50)37(48)36(47)38(49)40(41)51)35(46)33(44)29-27-25-23-21-19-16-14-12-10-8-6-4-2/h32-41,44-51H,3-31H2,1-2H3,(H,43,52)(H,53,54)/t32-,33+,34?,35-,36?,37+,38?,39?,40?,41?/m0/s1. The minimum absolute atomic E-state index is 0.157. The van der Waals surface area contributed by atoms with Gasteiger partial charge >= 0.3 is 7.82 Å². The fourth-order valence-corrected chi connectivity index (χ4v) is 8.45. The molecule has 0 spiro atoms. The summed E-state index contributed by atoms with van der Waals surface area (Å²) in [5, 5.41) is 85.2. The molecule has 0 aromatic heterocycles. The quantitative estimate of drug-likeness (QED) is 0.0261. The minimum Gasteiger partial charge on any atom is -0.390 e. The number of carbonyl (C=O) groups is 1. The van der Waals surface area contributed by atoms with Crippen LogP contribution in [0.2, 0.25) is 0 Å². The summed E-state index contributed by atoms with van der Waals surface area (Å²) < 4.78 is 22.8. The van der Waals surface area contributed by atoms with Crippen LogP contribution in [-0.2, 0) is 18.4 Å². The lowest BCUT2D eigenvalue weighted by Crippen LogP contribution is -2.64. The van der Waals surface area contributed by atoms with E-state index in [4.69, 9.17) is 9.05 Å². The highest BCUT2D eigenvalue weighted by molar-refractivity contribution is 7.47. The van der Waals surface area contributed by atoms with Crippen LogP contribution in [0.5, 0.6) is 0 Å². The second-order valence-electron chi connectivity index (χ2n) is 16.5. The van der Waals surface area contributed by atoms with Gasteiger partial charge in [0.05, 0.1) is 18.8 Å².